The van der Waals surface area contributed by atoms with Crippen LogP contribution in [0.2, 0.25) is 0 Å². The minimum atomic E-state index is -0.263. The Labute approximate surface area is 91.6 Å². The van der Waals surface area contributed by atoms with Crippen LogP contribution in [0.1, 0.15) is 10.6 Å². The van der Waals surface area contributed by atoms with Gasteiger partial charge in [0, 0.05) is 5.56 Å². The second kappa shape index (κ2) is 3.62. The van der Waals surface area contributed by atoms with Crippen LogP contribution in [0, 0.1) is 19.7 Å². The molecule has 1 aromatic heterocycles. The fraction of sp³-hybridized carbons (Fsp3) is 0.182. The van der Waals surface area contributed by atoms with Crippen LogP contribution in [-0.2, 0) is 0 Å². The molecule has 0 saturated heterocycles. The van der Waals surface area contributed by atoms with Crippen molar-refractivity contribution in [2.75, 3.05) is 5.73 Å². The number of anilines is 1. The van der Waals surface area contributed by atoms with E-state index in [1.165, 1.54) is 23.5 Å². The summed E-state index contributed by atoms with van der Waals surface area (Å²) in [6, 6.07) is 4.65. The second-order valence-electron chi connectivity index (χ2n) is 3.40. The second-order valence-corrected chi connectivity index (χ2v) is 4.64. The lowest BCUT2D eigenvalue weighted by Crippen LogP contribution is -1.90. The van der Waals surface area contributed by atoms with Crippen molar-refractivity contribution in [2.24, 2.45) is 0 Å². The van der Waals surface area contributed by atoms with Crippen LogP contribution < -0.4 is 5.73 Å². The Morgan fingerprint density at radius 3 is 2.67 bits per heavy atom. The summed E-state index contributed by atoms with van der Waals surface area (Å²) >= 11 is 1.42. The van der Waals surface area contributed by atoms with Gasteiger partial charge >= 0.3 is 0 Å². The van der Waals surface area contributed by atoms with Gasteiger partial charge < -0.3 is 5.73 Å². The number of hydrogen-bond donors (Lipinski definition) is 1. The van der Waals surface area contributed by atoms with Crippen molar-refractivity contribution in [2.45, 2.75) is 13.8 Å². The maximum atomic E-state index is 13.1. The van der Waals surface area contributed by atoms with Gasteiger partial charge in [-0.15, -0.1) is 11.3 Å². The molecule has 0 amide bonds. The molecule has 1 heterocycles. The van der Waals surface area contributed by atoms with E-state index in [-0.39, 0.29) is 5.82 Å². The number of aryl methyl sites for hydroxylation is 2. The first kappa shape index (κ1) is 10.1. The van der Waals surface area contributed by atoms with Crippen LogP contribution in [0.5, 0.6) is 0 Å². The third-order valence-electron chi connectivity index (χ3n) is 2.22. The van der Waals surface area contributed by atoms with Crippen LogP contribution in [0.25, 0.3) is 11.3 Å². The predicted octanol–water partition coefficient (Wildman–Crippen LogP) is 3.15. The van der Waals surface area contributed by atoms with Crippen molar-refractivity contribution < 1.29 is 4.39 Å². The topological polar surface area (TPSA) is 38.9 Å². The summed E-state index contributed by atoms with van der Waals surface area (Å²) < 4.78 is 13.1. The summed E-state index contributed by atoms with van der Waals surface area (Å²) in [6.07, 6.45) is 0. The molecule has 0 atom stereocenters. The quantitative estimate of drug-likeness (QED) is 0.805. The van der Waals surface area contributed by atoms with Crippen LogP contribution >= 0.6 is 11.3 Å². The van der Waals surface area contributed by atoms with Crippen LogP contribution in [0.15, 0.2) is 18.2 Å². The zero-order valence-corrected chi connectivity index (χ0v) is 9.36. The monoisotopic (exact) mass is 222 g/mol. The Morgan fingerprint density at radius 2 is 2.07 bits per heavy atom. The van der Waals surface area contributed by atoms with Crippen molar-refractivity contribution in [1.29, 1.82) is 0 Å². The highest BCUT2D eigenvalue weighted by atomic mass is 32.1. The minimum Gasteiger partial charge on any atom is -0.389 e. The number of nitrogen functional groups attached to an aromatic ring is 1. The standard InChI is InChI=1S/C11H11FN2S/c1-6-3-4-8(12)5-9(6)10-11(13)15-7(2)14-10/h3-5H,13H2,1-2H3. The minimum absolute atomic E-state index is 0.263. The molecule has 1 aromatic carbocycles. The summed E-state index contributed by atoms with van der Waals surface area (Å²) in [5.41, 5.74) is 8.27. The van der Waals surface area contributed by atoms with Gasteiger partial charge in [0.05, 0.1) is 5.01 Å². The Kier molecular flexibility index (Phi) is 2.44. The van der Waals surface area contributed by atoms with Gasteiger partial charge in [0.15, 0.2) is 0 Å². The van der Waals surface area contributed by atoms with Crippen molar-refractivity contribution in [1.82, 2.24) is 4.98 Å². The highest BCUT2D eigenvalue weighted by molar-refractivity contribution is 7.16. The molecule has 2 N–H and O–H groups in total. The van der Waals surface area contributed by atoms with Gasteiger partial charge in [-0.25, -0.2) is 9.37 Å². The summed E-state index contributed by atoms with van der Waals surface area (Å²) in [4.78, 5) is 4.31. The number of nitrogens with zero attached hydrogens (tertiary/aromatic N) is 1. The molecule has 2 rings (SSSR count). The summed E-state index contributed by atoms with van der Waals surface area (Å²) in [5, 5.41) is 1.53. The van der Waals surface area contributed by atoms with E-state index in [1.54, 1.807) is 6.07 Å². The summed E-state index contributed by atoms with van der Waals surface area (Å²) in [6.45, 7) is 3.81. The predicted molar refractivity (Wildman–Crippen MR) is 61.4 cm³/mol. The number of benzene rings is 1. The average molecular weight is 222 g/mol. The van der Waals surface area contributed by atoms with Gasteiger partial charge in [-0.05, 0) is 31.5 Å². The smallest absolute Gasteiger partial charge is 0.123 e. The molecule has 0 aliphatic rings. The first-order valence-electron chi connectivity index (χ1n) is 4.57. The van der Waals surface area contributed by atoms with Gasteiger partial charge in [-0.2, -0.15) is 0 Å². The number of nitrogens with two attached hydrogens (primary N) is 1. The molecule has 2 nitrogen and oxygen atoms in total. The number of hydrogen-bond acceptors (Lipinski definition) is 3. The molecule has 0 bridgehead atoms. The summed E-state index contributed by atoms with van der Waals surface area (Å²) in [5.74, 6) is -0.263. The highest BCUT2D eigenvalue weighted by Gasteiger charge is 2.11. The fourth-order valence-corrected chi connectivity index (χ4v) is 2.19. The highest BCUT2D eigenvalue weighted by Crippen LogP contribution is 2.32. The molecule has 0 spiro atoms. The Balaban J connectivity index is 2.62. The molecule has 0 unspecified atom stereocenters. The van der Waals surface area contributed by atoms with E-state index in [4.69, 9.17) is 5.73 Å². The van der Waals surface area contributed by atoms with Gasteiger partial charge in [-0.3, -0.25) is 0 Å². The molecule has 15 heavy (non-hydrogen) atoms. The zero-order chi connectivity index (χ0) is 11.0. The molecule has 0 aliphatic carbocycles. The van der Waals surface area contributed by atoms with E-state index in [9.17, 15) is 4.39 Å². The lowest BCUT2D eigenvalue weighted by molar-refractivity contribution is 0.628. The van der Waals surface area contributed by atoms with Gasteiger partial charge in [0.1, 0.15) is 16.5 Å². The van der Waals surface area contributed by atoms with E-state index in [2.05, 4.69) is 4.98 Å². The van der Waals surface area contributed by atoms with Crippen LogP contribution in [0.4, 0.5) is 9.39 Å². The SMILES string of the molecule is Cc1nc(-c2cc(F)ccc2C)c(N)s1. The molecule has 0 aliphatic heterocycles. The maximum Gasteiger partial charge on any atom is 0.123 e. The number of halogens is 1. The molecule has 0 radical (unpaired) electrons. The van der Waals surface area contributed by atoms with Crippen molar-refractivity contribution in [3.8, 4) is 11.3 Å². The molecular weight excluding hydrogens is 211 g/mol. The maximum absolute atomic E-state index is 13.1. The van der Waals surface area contributed by atoms with Crippen molar-refractivity contribution >= 4 is 16.3 Å². The number of rotatable bonds is 1. The van der Waals surface area contributed by atoms with Gasteiger partial charge in [0.2, 0.25) is 0 Å². The third kappa shape index (κ3) is 1.85. The van der Waals surface area contributed by atoms with Crippen LogP contribution in [0.3, 0.4) is 0 Å². The Hall–Kier alpha value is -1.42. The molecular formula is C11H11FN2S. The first-order chi connectivity index (χ1) is 7.08. The van der Waals surface area contributed by atoms with Crippen molar-refractivity contribution in [3.05, 3.63) is 34.6 Å². The van der Waals surface area contributed by atoms with E-state index < -0.39 is 0 Å². The lowest BCUT2D eigenvalue weighted by atomic mass is 10.1. The largest absolute Gasteiger partial charge is 0.389 e. The molecule has 78 valence electrons. The van der Waals surface area contributed by atoms with E-state index in [0.717, 1.165) is 16.1 Å². The third-order valence-corrected chi connectivity index (χ3v) is 3.02. The summed E-state index contributed by atoms with van der Waals surface area (Å²) in [7, 11) is 0. The molecule has 2 aromatic rings. The van der Waals surface area contributed by atoms with E-state index in [0.29, 0.717) is 10.7 Å². The Bertz CT molecular complexity index is 505. The van der Waals surface area contributed by atoms with Crippen molar-refractivity contribution in [3.63, 3.8) is 0 Å². The first-order valence-corrected chi connectivity index (χ1v) is 5.39. The normalized spacial score (nSPS) is 10.6. The van der Waals surface area contributed by atoms with Crippen LogP contribution in [-0.4, -0.2) is 4.98 Å². The van der Waals surface area contributed by atoms with E-state index in [1.807, 2.05) is 13.8 Å². The Morgan fingerprint density at radius 1 is 1.33 bits per heavy atom. The van der Waals surface area contributed by atoms with Gasteiger partial charge in [-0.1, -0.05) is 6.07 Å². The molecule has 4 heteroatoms. The van der Waals surface area contributed by atoms with E-state index >= 15 is 0 Å². The molecule has 0 saturated carbocycles. The van der Waals surface area contributed by atoms with Gasteiger partial charge in [0.25, 0.3) is 0 Å². The lowest BCUT2D eigenvalue weighted by Gasteiger charge is -2.03. The average Bonchev–Trinajstić information content (AvgIpc) is 2.50. The number of aromatic nitrogens is 1. The molecule has 0 fully saturated rings. The zero-order valence-electron chi connectivity index (χ0n) is 8.54. The fourth-order valence-electron chi connectivity index (χ4n) is 1.49. The number of thiazole rings is 1.